The van der Waals surface area contributed by atoms with Gasteiger partial charge in [-0.1, -0.05) is 19.1 Å². The van der Waals surface area contributed by atoms with Gasteiger partial charge in [0.25, 0.3) is 5.91 Å². The number of carbonyl (C=O) groups is 3. The molecule has 0 radical (unpaired) electrons. The van der Waals surface area contributed by atoms with Crippen LogP contribution in [-0.4, -0.2) is 32.2 Å². The Labute approximate surface area is 192 Å². The van der Waals surface area contributed by atoms with E-state index in [4.69, 9.17) is 0 Å². The van der Waals surface area contributed by atoms with Crippen LogP contribution in [0.5, 0.6) is 0 Å². The van der Waals surface area contributed by atoms with E-state index in [9.17, 15) is 27.2 Å². The number of rotatable bonds is 7. The Balaban J connectivity index is 1.82. The summed E-state index contributed by atoms with van der Waals surface area (Å²) in [5, 5.41) is 4.93. The number of carbonyl (C=O) groups excluding carboxylic acids is 3. The normalized spacial score (nSPS) is 18.8. The van der Waals surface area contributed by atoms with Crippen molar-refractivity contribution in [3.8, 4) is 0 Å². The van der Waals surface area contributed by atoms with E-state index in [-0.39, 0.29) is 29.2 Å². The quantitative estimate of drug-likeness (QED) is 0.532. The molecule has 1 aliphatic rings. The summed E-state index contributed by atoms with van der Waals surface area (Å²) in [5.41, 5.74) is -0.211. The molecule has 1 unspecified atom stereocenters. The first kappa shape index (κ1) is 24.5. The van der Waals surface area contributed by atoms with E-state index in [1.165, 1.54) is 0 Å². The third-order valence-corrected chi connectivity index (χ3v) is 7.31. The number of nitrogens with one attached hydrogen (secondary N) is 3. The molecule has 3 rings (SSSR count). The van der Waals surface area contributed by atoms with E-state index in [2.05, 4.69) is 15.4 Å². The number of benzene rings is 2. The fourth-order valence-electron chi connectivity index (χ4n) is 3.86. The average Bonchev–Trinajstić information content (AvgIpc) is 2.74. The van der Waals surface area contributed by atoms with Crippen molar-refractivity contribution in [2.45, 2.75) is 56.4 Å². The lowest BCUT2D eigenvalue weighted by Gasteiger charge is -2.35. The lowest BCUT2D eigenvalue weighted by molar-refractivity contribution is -0.138. The smallest absolute Gasteiger partial charge is 0.258 e. The lowest BCUT2D eigenvalue weighted by atomic mass is 9.72. The molecule has 1 heterocycles. The summed E-state index contributed by atoms with van der Waals surface area (Å²) in [7, 11) is -3.90. The second-order valence-electron chi connectivity index (χ2n) is 8.26. The Morgan fingerprint density at radius 3 is 2.39 bits per heavy atom. The molecule has 1 saturated heterocycles. The Kier molecular flexibility index (Phi) is 6.99. The topological polar surface area (TPSA) is 121 Å². The van der Waals surface area contributed by atoms with Gasteiger partial charge in [0.05, 0.1) is 15.9 Å². The highest BCUT2D eigenvalue weighted by atomic mass is 32.2. The zero-order chi connectivity index (χ0) is 24.4. The molecular weight excluding hydrogens is 449 g/mol. The number of anilines is 1. The first-order valence-electron chi connectivity index (χ1n) is 10.6. The van der Waals surface area contributed by atoms with Gasteiger partial charge in [0.2, 0.25) is 21.8 Å². The second-order valence-corrected chi connectivity index (χ2v) is 9.98. The van der Waals surface area contributed by atoms with Gasteiger partial charge in [0, 0.05) is 18.2 Å². The highest BCUT2D eigenvalue weighted by Crippen LogP contribution is 2.36. The number of hydrogen-bond acceptors (Lipinski definition) is 5. The van der Waals surface area contributed by atoms with Gasteiger partial charge < -0.3 is 5.32 Å². The first-order chi connectivity index (χ1) is 15.5. The zero-order valence-corrected chi connectivity index (χ0v) is 19.4. The van der Waals surface area contributed by atoms with Gasteiger partial charge in [-0.25, -0.2) is 17.5 Å². The number of sulfonamides is 1. The molecular formula is C23H26FN3O5S. The zero-order valence-electron chi connectivity index (χ0n) is 18.6. The molecule has 3 amide bonds. The number of imide groups is 1. The molecule has 10 heteroatoms. The Morgan fingerprint density at radius 1 is 1.15 bits per heavy atom. The monoisotopic (exact) mass is 475 g/mol. The summed E-state index contributed by atoms with van der Waals surface area (Å²) >= 11 is 0. The summed E-state index contributed by atoms with van der Waals surface area (Å²) in [6.45, 7) is 5.16. The van der Waals surface area contributed by atoms with Crippen LogP contribution < -0.4 is 15.4 Å². The third kappa shape index (κ3) is 5.12. The minimum absolute atomic E-state index is 0.221. The fraction of sp³-hybridized carbons (Fsp3) is 0.348. The van der Waals surface area contributed by atoms with Crippen LogP contribution in [-0.2, 0) is 25.0 Å². The second kappa shape index (κ2) is 9.40. The van der Waals surface area contributed by atoms with Crippen molar-refractivity contribution < 1.29 is 27.2 Å². The molecule has 0 bridgehead atoms. The van der Waals surface area contributed by atoms with Crippen LogP contribution in [0.3, 0.4) is 0 Å². The van der Waals surface area contributed by atoms with Gasteiger partial charge in [-0.05, 0) is 62.6 Å². The summed E-state index contributed by atoms with van der Waals surface area (Å²) in [5.74, 6) is -2.33. The molecule has 0 aliphatic carbocycles. The molecule has 1 atom stereocenters. The van der Waals surface area contributed by atoms with Gasteiger partial charge in [-0.2, -0.15) is 0 Å². The van der Waals surface area contributed by atoms with Crippen molar-refractivity contribution in [2.75, 3.05) is 5.32 Å². The summed E-state index contributed by atoms with van der Waals surface area (Å²) < 4.78 is 41.4. The standard InChI is InChI=1S/C23H26FN3O5S/c1-4-23(12-11-20(28)26-22(23)30)15-5-7-16(8-6-15)25-21(29)18-13-17(9-10-19(18)24)33(31,32)27-14(2)3/h5-10,13-14,27H,4,11-12H2,1-3H3,(H,25,29)(H,26,28,30). The molecule has 1 aliphatic heterocycles. The highest BCUT2D eigenvalue weighted by Gasteiger charge is 2.42. The predicted octanol–water partition coefficient (Wildman–Crippen LogP) is 2.85. The molecule has 33 heavy (non-hydrogen) atoms. The predicted molar refractivity (Wildman–Crippen MR) is 121 cm³/mol. The van der Waals surface area contributed by atoms with Crippen molar-refractivity contribution in [1.82, 2.24) is 10.0 Å². The minimum Gasteiger partial charge on any atom is -0.322 e. The van der Waals surface area contributed by atoms with E-state index in [1.807, 2.05) is 6.92 Å². The van der Waals surface area contributed by atoms with Crippen LogP contribution in [0.2, 0.25) is 0 Å². The molecule has 0 spiro atoms. The molecule has 3 N–H and O–H groups in total. The SMILES string of the molecule is CCC1(c2ccc(NC(=O)c3cc(S(=O)(=O)NC(C)C)ccc3F)cc2)CCC(=O)NC1=O. The molecule has 0 saturated carbocycles. The summed E-state index contributed by atoms with van der Waals surface area (Å²) in [4.78, 5) is 36.5. The van der Waals surface area contributed by atoms with Crippen LogP contribution in [0.4, 0.5) is 10.1 Å². The number of halogens is 1. The highest BCUT2D eigenvalue weighted by molar-refractivity contribution is 7.89. The maximum atomic E-state index is 14.3. The Hall–Kier alpha value is -3.11. The van der Waals surface area contributed by atoms with Crippen LogP contribution in [0.15, 0.2) is 47.4 Å². The van der Waals surface area contributed by atoms with Crippen molar-refractivity contribution >= 4 is 33.4 Å². The van der Waals surface area contributed by atoms with Crippen molar-refractivity contribution in [3.63, 3.8) is 0 Å². The van der Waals surface area contributed by atoms with E-state index in [1.54, 1.807) is 38.1 Å². The van der Waals surface area contributed by atoms with Gasteiger partial charge in [0.1, 0.15) is 5.82 Å². The molecule has 8 nitrogen and oxygen atoms in total. The van der Waals surface area contributed by atoms with Gasteiger partial charge >= 0.3 is 0 Å². The van der Waals surface area contributed by atoms with E-state index in [0.29, 0.717) is 24.1 Å². The molecule has 1 fully saturated rings. The van der Waals surface area contributed by atoms with Gasteiger partial charge in [-0.15, -0.1) is 0 Å². The van der Waals surface area contributed by atoms with Gasteiger partial charge in [-0.3, -0.25) is 19.7 Å². The number of amides is 3. The molecule has 2 aromatic carbocycles. The molecule has 0 aromatic heterocycles. The Bertz CT molecular complexity index is 1200. The molecule has 176 valence electrons. The maximum Gasteiger partial charge on any atom is 0.258 e. The molecule has 2 aromatic rings. The number of hydrogen-bond donors (Lipinski definition) is 3. The summed E-state index contributed by atoms with van der Waals surface area (Å²) in [6, 6.07) is 9.15. The Morgan fingerprint density at radius 2 is 1.82 bits per heavy atom. The fourth-order valence-corrected chi connectivity index (χ4v) is 5.14. The maximum absolute atomic E-state index is 14.3. The largest absolute Gasteiger partial charge is 0.322 e. The van der Waals surface area contributed by atoms with E-state index in [0.717, 1.165) is 18.2 Å². The van der Waals surface area contributed by atoms with Gasteiger partial charge in [0.15, 0.2) is 0 Å². The lowest BCUT2D eigenvalue weighted by Crippen LogP contribution is -2.51. The van der Waals surface area contributed by atoms with Crippen LogP contribution in [0.1, 0.15) is 56.0 Å². The van der Waals surface area contributed by atoms with Crippen LogP contribution in [0, 0.1) is 5.82 Å². The third-order valence-electron chi connectivity index (χ3n) is 5.65. The van der Waals surface area contributed by atoms with Crippen molar-refractivity contribution in [3.05, 3.63) is 59.4 Å². The minimum atomic E-state index is -3.90. The summed E-state index contributed by atoms with van der Waals surface area (Å²) in [6.07, 6.45) is 1.12. The van der Waals surface area contributed by atoms with Crippen molar-refractivity contribution in [2.24, 2.45) is 0 Å². The average molecular weight is 476 g/mol. The van der Waals surface area contributed by atoms with Crippen molar-refractivity contribution in [1.29, 1.82) is 0 Å². The van der Waals surface area contributed by atoms with E-state index < -0.39 is 32.7 Å². The number of piperidine rings is 1. The first-order valence-corrected chi connectivity index (χ1v) is 12.0. The van der Waals surface area contributed by atoms with Crippen LogP contribution >= 0.6 is 0 Å². The van der Waals surface area contributed by atoms with Crippen LogP contribution in [0.25, 0.3) is 0 Å². The van der Waals surface area contributed by atoms with E-state index >= 15 is 0 Å².